The first-order valence-corrected chi connectivity index (χ1v) is 14.4. The Morgan fingerprint density at radius 1 is 1.11 bits per heavy atom. The molecule has 196 valence electrons. The molecule has 1 N–H and O–H groups in total. The van der Waals surface area contributed by atoms with Gasteiger partial charge in [0, 0.05) is 17.6 Å². The molecule has 2 aromatic rings. The van der Waals surface area contributed by atoms with Crippen LogP contribution in [0.15, 0.2) is 48.5 Å². The fourth-order valence-electron chi connectivity index (χ4n) is 4.52. The minimum Gasteiger partial charge on any atom is -0.352 e. The van der Waals surface area contributed by atoms with E-state index in [0.717, 1.165) is 48.7 Å². The van der Waals surface area contributed by atoms with Crippen LogP contribution in [0.2, 0.25) is 5.02 Å². The number of hydrogen-bond acceptors (Lipinski definition) is 4. The SMILES string of the molecule is CC[C@H](C(=O)NC1CCCCC1)N(Cc1ccccc1Cl)C(=O)CN(c1cccc(F)c1)S(C)(=O)=O. The molecule has 1 aliphatic rings. The Morgan fingerprint density at radius 2 is 1.81 bits per heavy atom. The molecule has 2 amide bonds. The van der Waals surface area contributed by atoms with E-state index in [1.54, 1.807) is 31.2 Å². The predicted molar refractivity (Wildman–Crippen MR) is 140 cm³/mol. The van der Waals surface area contributed by atoms with Gasteiger partial charge in [-0.15, -0.1) is 0 Å². The molecule has 1 atom stereocenters. The van der Waals surface area contributed by atoms with Crippen LogP contribution in [0.5, 0.6) is 0 Å². The maximum absolute atomic E-state index is 13.9. The maximum atomic E-state index is 13.9. The molecule has 36 heavy (non-hydrogen) atoms. The first-order valence-electron chi connectivity index (χ1n) is 12.2. The van der Waals surface area contributed by atoms with Crippen LogP contribution in [-0.4, -0.2) is 50.0 Å². The topological polar surface area (TPSA) is 86.8 Å². The van der Waals surface area contributed by atoms with Crippen LogP contribution in [0.3, 0.4) is 0 Å². The van der Waals surface area contributed by atoms with E-state index < -0.39 is 34.3 Å². The number of rotatable bonds is 10. The van der Waals surface area contributed by atoms with E-state index >= 15 is 0 Å². The third kappa shape index (κ3) is 7.43. The Morgan fingerprint density at radius 3 is 2.42 bits per heavy atom. The summed E-state index contributed by atoms with van der Waals surface area (Å²) in [6.07, 6.45) is 6.29. The zero-order valence-corrected chi connectivity index (χ0v) is 22.2. The van der Waals surface area contributed by atoms with Gasteiger partial charge in [-0.25, -0.2) is 12.8 Å². The second-order valence-electron chi connectivity index (χ2n) is 9.13. The molecular weight excluding hydrogens is 505 g/mol. The quantitative estimate of drug-likeness (QED) is 0.483. The zero-order valence-electron chi connectivity index (χ0n) is 20.6. The summed E-state index contributed by atoms with van der Waals surface area (Å²) < 4.78 is 39.9. The Hall–Kier alpha value is -2.65. The average Bonchev–Trinajstić information content (AvgIpc) is 2.83. The van der Waals surface area contributed by atoms with E-state index in [9.17, 15) is 22.4 Å². The molecule has 10 heteroatoms. The maximum Gasteiger partial charge on any atom is 0.244 e. The summed E-state index contributed by atoms with van der Waals surface area (Å²) in [5.74, 6) is -1.49. The highest BCUT2D eigenvalue weighted by atomic mass is 35.5. The lowest BCUT2D eigenvalue weighted by Crippen LogP contribution is -2.54. The van der Waals surface area contributed by atoms with Crippen molar-refractivity contribution < 1.29 is 22.4 Å². The number of nitrogens with one attached hydrogen (secondary N) is 1. The number of benzene rings is 2. The largest absolute Gasteiger partial charge is 0.352 e. The Kier molecular flexibility index (Phi) is 9.73. The van der Waals surface area contributed by atoms with Crippen LogP contribution < -0.4 is 9.62 Å². The lowest BCUT2D eigenvalue weighted by molar-refractivity contribution is -0.140. The second kappa shape index (κ2) is 12.5. The summed E-state index contributed by atoms with van der Waals surface area (Å²) in [6.45, 7) is 1.24. The molecule has 0 unspecified atom stereocenters. The van der Waals surface area contributed by atoms with Gasteiger partial charge < -0.3 is 10.2 Å². The lowest BCUT2D eigenvalue weighted by atomic mass is 9.95. The van der Waals surface area contributed by atoms with Crippen molar-refractivity contribution in [3.05, 3.63) is 64.9 Å². The average molecular weight is 538 g/mol. The molecular formula is C26H33ClFN3O4S. The van der Waals surface area contributed by atoms with Crippen molar-refractivity contribution in [2.75, 3.05) is 17.1 Å². The predicted octanol–water partition coefficient (Wildman–Crippen LogP) is 4.50. The first-order chi connectivity index (χ1) is 17.1. The highest BCUT2D eigenvalue weighted by Crippen LogP contribution is 2.23. The van der Waals surface area contributed by atoms with Crippen LogP contribution in [0.4, 0.5) is 10.1 Å². The van der Waals surface area contributed by atoms with Gasteiger partial charge in [0.25, 0.3) is 0 Å². The van der Waals surface area contributed by atoms with E-state index in [4.69, 9.17) is 11.6 Å². The number of nitrogens with zero attached hydrogens (tertiary/aromatic N) is 2. The molecule has 0 spiro atoms. The highest BCUT2D eigenvalue weighted by molar-refractivity contribution is 7.92. The summed E-state index contributed by atoms with van der Waals surface area (Å²) in [5, 5.41) is 3.51. The van der Waals surface area contributed by atoms with Crippen LogP contribution >= 0.6 is 11.6 Å². The molecule has 0 aromatic heterocycles. The molecule has 1 saturated carbocycles. The van der Waals surface area contributed by atoms with Gasteiger partial charge in [0.15, 0.2) is 0 Å². The van der Waals surface area contributed by atoms with Crippen LogP contribution in [0.25, 0.3) is 0 Å². The number of carbonyl (C=O) groups excluding carboxylic acids is 2. The molecule has 0 aliphatic heterocycles. The van der Waals surface area contributed by atoms with Gasteiger partial charge in [-0.2, -0.15) is 0 Å². The van der Waals surface area contributed by atoms with Crippen molar-refractivity contribution in [3.63, 3.8) is 0 Å². The summed E-state index contributed by atoms with van der Waals surface area (Å²) in [7, 11) is -3.93. The van der Waals surface area contributed by atoms with Gasteiger partial charge >= 0.3 is 0 Å². The van der Waals surface area contributed by atoms with Crippen LogP contribution in [0.1, 0.15) is 51.0 Å². The van der Waals surface area contributed by atoms with Gasteiger partial charge in [-0.3, -0.25) is 13.9 Å². The molecule has 3 rings (SSSR count). The second-order valence-corrected chi connectivity index (χ2v) is 11.4. The smallest absolute Gasteiger partial charge is 0.244 e. The Balaban J connectivity index is 1.92. The molecule has 0 bridgehead atoms. The Labute approximate surface area is 217 Å². The molecule has 7 nitrogen and oxygen atoms in total. The van der Waals surface area contributed by atoms with Gasteiger partial charge in [0.2, 0.25) is 21.8 Å². The minimum atomic E-state index is -3.93. The van der Waals surface area contributed by atoms with Crippen LogP contribution in [0, 0.1) is 5.82 Å². The zero-order chi connectivity index (χ0) is 26.3. The first kappa shape index (κ1) is 27.9. The fourth-order valence-corrected chi connectivity index (χ4v) is 5.56. The minimum absolute atomic E-state index is 0.0237. The third-order valence-corrected chi connectivity index (χ3v) is 7.92. The third-order valence-electron chi connectivity index (χ3n) is 6.41. The van der Waals surface area contributed by atoms with Gasteiger partial charge in [-0.1, -0.05) is 62.1 Å². The molecule has 0 radical (unpaired) electrons. The lowest BCUT2D eigenvalue weighted by Gasteiger charge is -2.34. The molecule has 1 aliphatic carbocycles. The normalized spacial score (nSPS) is 15.2. The van der Waals surface area contributed by atoms with E-state index in [2.05, 4.69) is 5.32 Å². The summed E-state index contributed by atoms with van der Waals surface area (Å²) >= 11 is 6.36. The van der Waals surface area contributed by atoms with E-state index in [1.165, 1.54) is 23.1 Å². The van der Waals surface area contributed by atoms with Crippen molar-refractivity contribution in [1.82, 2.24) is 10.2 Å². The molecule has 0 heterocycles. The number of anilines is 1. The van der Waals surface area contributed by atoms with Crippen molar-refractivity contribution in [1.29, 1.82) is 0 Å². The Bertz CT molecular complexity index is 1170. The molecule has 1 fully saturated rings. The van der Waals surface area contributed by atoms with E-state index in [-0.39, 0.29) is 24.2 Å². The van der Waals surface area contributed by atoms with Gasteiger partial charge in [0.1, 0.15) is 18.4 Å². The fraction of sp³-hybridized carbons (Fsp3) is 0.462. The monoisotopic (exact) mass is 537 g/mol. The number of amides is 2. The van der Waals surface area contributed by atoms with Gasteiger partial charge in [-0.05, 0) is 49.1 Å². The van der Waals surface area contributed by atoms with Crippen molar-refractivity contribution in [2.45, 2.75) is 64.1 Å². The van der Waals surface area contributed by atoms with E-state index in [0.29, 0.717) is 17.0 Å². The number of halogens is 2. The van der Waals surface area contributed by atoms with Gasteiger partial charge in [0.05, 0.1) is 11.9 Å². The number of carbonyl (C=O) groups is 2. The van der Waals surface area contributed by atoms with Crippen LogP contribution in [-0.2, 0) is 26.2 Å². The summed E-state index contributed by atoms with van der Waals surface area (Å²) in [5.41, 5.74) is 0.663. The molecule has 0 saturated heterocycles. The summed E-state index contributed by atoms with van der Waals surface area (Å²) in [6, 6.07) is 11.3. The van der Waals surface area contributed by atoms with Crippen molar-refractivity contribution in [2.24, 2.45) is 0 Å². The molecule has 2 aromatic carbocycles. The highest BCUT2D eigenvalue weighted by Gasteiger charge is 2.33. The number of sulfonamides is 1. The summed E-state index contributed by atoms with van der Waals surface area (Å²) in [4.78, 5) is 28.4. The number of hydrogen-bond donors (Lipinski definition) is 1. The van der Waals surface area contributed by atoms with Crippen molar-refractivity contribution >= 4 is 39.1 Å². The van der Waals surface area contributed by atoms with E-state index in [1.807, 2.05) is 0 Å². The standard InChI is InChI=1S/C26H33ClFN3O4S/c1-3-24(26(33)29-21-12-5-4-6-13-21)30(17-19-10-7-8-15-23(19)27)25(32)18-31(36(2,34)35)22-14-9-11-20(28)16-22/h7-11,14-16,21,24H,3-6,12-13,17-18H2,1-2H3,(H,29,33)/t24-/m1/s1. The van der Waals surface area contributed by atoms with Crippen molar-refractivity contribution in [3.8, 4) is 0 Å².